The van der Waals surface area contributed by atoms with Crippen molar-refractivity contribution in [3.05, 3.63) is 17.0 Å². The SMILES string of the molecule is CCCNCc1ccc(S(=O)(=O)NCCC(C)(C)C)s1. The second kappa shape index (κ2) is 7.54. The number of rotatable bonds is 8. The first kappa shape index (κ1) is 17.6. The lowest BCUT2D eigenvalue weighted by Crippen LogP contribution is -2.26. The second-order valence-electron chi connectivity index (χ2n) is 6.11. The minimum absolute atomic E-state index is 0.132. The van der Waals surface area contributed by atoms with Crippen molar-refractivity contribution in [3.8, 4) is 0 Å². The number of sulfonamides is 1. The van der Waals surface area contributed by atoms with Crippen molar-refractivity contribution < 1.29 is 8.42 Å². The van der Waals surface area contributed by atoms with Crippen LogP contribution in [0.2, 0.25) is 0 Å². The first-order chi connectivity index (χ1) is 9.24. The largest absolute Gasteiger partial charge is 0.312 e. The van der Waals surface area contributed by atoms with Crippen LogP contribution in [0, 0.1) is 5.41 Å². The van der Waals surface area contributed by atoms with Crippen LogP contribution < -0.4 is 10.0 Å². The second-order valence-corrected chi connectivity index (χ2v) is 9.27. The number of hydrogen-bond acceptors (Lipinski definition) is 4. The first-order valence-corrected chi connectivity index (χ1v) is 9.34. The summed E-state index contributed by atoms with van der Waals surface area (Å²) < 4.78 is 27.4. The minimum Gasteiger partial charge on any atom is -0.312 e. The molecule has 1 rings (SSSR count). The average Bonchev–Trinajstić information content (AvgIpc) is 2.77. The Morgan fingerprint density at radius 1 is 1.20 bits per heavy atom. The molecule has 2 N–H and O–H groups in total. The molecular weight excluding hydrogens is 292 g/mol. The summed E-state index contributed by atoms with van der Waals surface area (Å²) >= 11 is 1.34. The Balaban J connectivity index is 2.55. The molecule has 0 amide bonds. The summed E-state index contributed by atoms with van der Waals surface area (Å²) in [5.41, 5.74) is 0.132. The summed E-state index contributed by atoms with van der Waals surface area (Å²) in [5.74, 6) is 0. The van der Waals surface area contributed by atoms with Gasteiger partial charge < -0.3 is 5.32 Å². The molecule has 0 atom stereocenters. The molecule has 1 aromatic heterocycles. The summed E-state index contributed by atoms with van der Waals surface area (Å²) in [7, 11) is -3.35. The molecule has 1 heterocycles. The zero-order valence-electron chi connectivity index (χ0n) is 12.8. The van der Waals surface area contributed by atoms with Crippen molar-refractivity contribution in [2.24, 2.45) is 5.41 Å². The normalized spacial score (nSPS) is 12.8. The molecule has 0 aromatic carbocycles. The smallest absolute Gasteiger partial charge is 0.250 e. The Kier molecular flexibility index (Phi) is 6.64. The number of hydrogen-bond donors (Lipinski definition) is 2. The topological polar surface area (TPSA) is 58.2 Å². The van der Waals surface area contributed by atoms with E-state index in [-0.39, 0.29) is 5.41 Å². The average molecular weight is 319 g/mol. The lowest BCUT2D eigenvalue weighted by atomic mass is 9.93. The third-order valence-electron chi connectivity index (χ3n) is 2.79. The fraction of sp³-hybridized carbons (Fsp3) is 0.714. The van der Waals surface area contributed by atoms with E-state index in [2.05, 4.69) is 37.7 Å². The van der Waals surface area contributed by atoms with E-state index in [1.54, 1.807) is 6.07 Å². The monoisotopic (exact) mass is 318 g/mol. The molecule has 0 fully saturated rings. The van der Waals surface area contributed by atoms with E-state index in [1.165, 1.54) is 11.3 Å². The molecule has 0 aliphatic heterocycles. The molecule has 0 aliphatic rings. The van der Waals surface area contributed by atoms with Gasteiger partial charge in [-0.2, -0.15) is 0 Å². The summed E-state index contributed by atoms with van der Waals surface area (Å²) in [6, 6.07) is 3.57. The standard InChI is InChI=1S/C14H26N2O2S2/c1-5-9-15-11-12-6-7-13(19-12)20(17,18)16-10-8-14(2,3)4/h6-7,15-16H,5,8-11H2,1-4H3. The highest BCUT2D eigenvalue weighted by atomic mass is 32.2. The lowest BCUT2D eigenvalue weighted by molar-refractivity contribution is 0.378. The van der Waals surface area contributed by atoms with Gasteiger partial charge in [0.25, 0.3) is 0 Å². The quantitative estimate of drug-likeness (QED) is 0.725. The van der Waals surface area contributed by atoms with Gasteiger partial charge in [-0.3, -0.25) is 0 Å². The van der Waals surface area contributed by atoms with Gasteiger partial charge in [0.15, 0.2) is 0 Å². The van der Waals surface area contributed by atoms with Crippen molar-refractivity contribution in [1.82, 2.24) is 10.0 Å². The fourth-order valence-electron chi connectivity index (χ4n) is 1.62. The van der Waals surface area contributed by atoms with Gasteiger partial charge in [0.2, 0.25) is 10.0 Å². The van der Waals surface area contributed by atoms with Crippen LogP contribution in [0.25, 0.3) is 0 Å². The molecule has 0 radical (unpaired) electrons. The molecule has 0 saturated carbocycles. The van der Waals surface area contributed by atoms with Gasteiger partial charge >= 0.3 is 0 Å². The molecule has 4 nitrogen and oxygen atoms in total. The van der Waals surface area contributed by atoms with E-state index < -0.39 is 10.0 Å². The van der Waals surface area contributed by atoms with E-state index in [1.807, 2.05) is 6.07 Å². The van der Waals surface area contributed by atoms with E-state index in [4.69, 9.17) is 0 Å². The van der Waals surface area contributed by atoms with Gasteiger partial charge in [0, 0.05) is 18.0 Å². The van der Waals surface area contributed by atoms with E-state index >= 15 is 0 Å². The summed E-state index contributed by atoms with van der Waals surface area (Å²) in [6.45, 7) is 10.6. The van der Waals surface area contributed by atoms with E-state index in [0.717, 1.165) is 30.8 Å². The van der Waals surface area contributed by atoms with Gasteiger partial charge in [-0.1, -0.05) is 27.7 Å². The third-order valence-corrected chi connectivity index (χ3v) is 5.83. The van der Waals surface area contributed by atoms with Gasteiger partial charge in [0.05, 0.1) is 0 Å². The maximum Gasteiger partial charge on any atom is 0.250 e. The molecule has 0 saturated heterocycles. The fourth-order valence-corrected chi connectivity index (χ4v) is 4.02. The molecule has 0 aliphatic carbocycles. The van der Waals surface area contributed by atoms with Crippen LogP contribution >= 0.6 is 11.3 Å². The molecule has 116 valence electrons. The Bertz CT molecular complexity index is 501. The maximum atomic E-state index is 12.1. The van der Waals surface area contributed by atoms with Crippen molar-refractivity contribution in [2.45, 2.75) is 51.3 Å². The van der Waals surface area contributed by atoms with Crippen LogP contribution in [0.4, 0.5) is 0 Å². The van der Waals surface area contributed by atoms with Crippen LogP contribution in [0.3, 0.4) is 0 Å². The zero-order valence-corrected chi connectivity index (χ0v) is 14.5. The number of thiophene rings is 1. The first-order valence-electron chi connectivity index (χ1n) is 7.04. The van der Waals surface area contributed by atoms with Crippen LogP contribution in [-0.2, 0) is 16.6 Å². The zero-order chi connectivity index (χ0) is 15.2. The van der Waals surface area contributed by atoms with Crippen LogP contribution in [-0.4, -0.2) is 21.5 Å². The van der Waals surface area contributed by atoms with E-state index in [0.29, 0.717) is 10.8 Å². The Morgan fingerprint density at radius 3 is 2.50 bits per heavy atom. The van der Waals surface area contributed by atoms with Crippen LogP contribution in [0.1, 0.15) is 45.4 Å². The molecule has 6 heteroatoms. The molecular formula is C14H26N2O2S2. The maximum absolute atomic E-state index is 12.1. The van der Waals surface area contributed by atoms with Crippen molar-refractivity contribution in [2.75, 3.05) is 13.1 Å². The van der Waals surface area contributed by atoms with E-state index in [9.17, 15) is 8.42 Å². The van der Waals surface area contributed by atoms with Gasteiger partial charge in [0.1, 0.15) is 4.21 Å². The van der Waals surface area contributed by atoms with Crippen molar-refractivity contribution in [1.29, 1.82) is 0 Å². The van der Waals surface area contributed by atoms with Gasteiger partial charge in [-0.25, -0.2) is 13.1 Å². The lowest BCUT2D eigenvalue weighted by Gasteiger charge is -2.17. The summed E-state index contributed by atoms with van der Waals surface area (Å²) in [5, 5.41) is 3.27. The highest BCUT2D eigenvalue weighted by Gasteiger charge is 2.18. The molecule has 20 heavy (non-hydrogen) atoms. The van der Waals surface area contributed by atoms with Gasteiger partial charge in [-0.05, 0) is 36.9 Å². The highest BCUT2D eigenvalue weighted by molar-refractivity contribution is 7.91. The van der Waals surface area contributed by atoms with Crippen molar-refractivity contribution in [3.63, 3.8) is 0 Å². The number of nitrogens with one attached hydrogen (secondary N) is 2. The molecule has 1 aromatic rings. The predicted octanol–water partition coefficient (Wildman–Crippen LogP) is 2.96. The third kappa shape index (κ3) is 6.35. The van der Waals surface area contributed by atoms with Crippen LogP contribution in [0.5, 0.6) is 0 Å². The van der Waals surface area contributed by atoms with Gasteiger partial charge in [-0.15, -0.1) is 11.3 Å². The highest BCUT2D eigenvalue weighted by Crippen LogP contribution is 2.22. The molecule has 0 bridgehead atoms. The predicted molar refractivity (Wildman–Crippen MR) is 85.6 cm³/mol. The molecule has 0 unspecified atom stereocenters. The summed E-state index contributed by atoms with van der Waals surface area (Å²) in [6.07, 6.45) is 1.90. The molecule has 0 spiro atoms. The Morgan fingerprint density at radius 2 is 1.90 bits per heavy atom. The minimum atomic E-state index is -3.35. The van der Waals surface area contributed by atoms with Crippen molar-refractivity contribution >= 4 is 21.4 Å². The van der Waals surface area contributed by atoms with Crippen LogP contribution in [0.15, 0.2) is 16.3 Å². The Hall–Kier alpha value is -0.430. The summed E-state index contributed by atoms with van der Waals surface area (Å²) in [4.78, 5) is 1.05. The Labute approximate surface area is 127 Å².